The Labute approximate surface area is 99.2 Å². The first-order valence-electron chi connectivity index (χ1n) is 6.44. The summed E-state index contributed by atoms with van der Waals surface area (Å²) in [5, 5.41) is 0. The van der Waals surface area contributed by atoms with Crippen molar-refractivity contribution in [2.75, 3.05) is 0 Å². The van der Waals surface area contributed by atoms with Gasteiger partial charge in [-0.05, 0) is 17.8 Å². The topological polar surface area (TPSA) is 0 Å². The quantitative estimate of drug-likeness (QED) is 0.510. The Bertz CT molecular complexity index is 90.6. The zero-order chi connectivity index (χ0) is 12.9. The average Bonchev–Trinajstić information content (AvgIpc) is 2.19. The standard InChI is InChI=1S/2C5H12.C5H10/c3*1-4-5(2)3/h2*5H,4H2,1-3H3;4-5H,1H2,2-3H3. The van der Waals surface area contributed by atoms with Gasteiger partial charge in [-0.3, -0.25) is 0 Å². The molecule has 0 spiro atoms. The highest BCUT2D eigenvalue weighted by Gasteiger charge is 1.80. The van der Waals surface area contributed by atoms with Crippen molar-refractivity contribution in [1.82, 2.24) is 0 Å². The van der Waals surface area contributed by atoms with Gasteiger partial charge in [0.25, 0.3) is 0 Å². The van der Waals surface area contributed by atoms with Crippen LogP contribution in [-0.2, 0) is 0 Å². The summed E-state index contributed by atoms with van der Waals surface area (Å²) in [6, 6.07) is 0. The van der Waals surface area contributed by atoms with Gasteiger partial charge in [-0.2, -0.15) is 0 Å². The summed E-state index contributed by atoms with van der Waals surface area (Å²) in [5.41, 5.74) is 0. The van der Waals surface area contributed by atoms with Crippen LogP contribution in [0.2, 0.25) is 0 Å². The van der Waals surface area contributed by atoms with Crippen molar-refractivity contribution >= 4 is 0 Å². The lowest BCUT2D eigenvalue weighted by atomic mass is 10.2. The van der Waals surface area contributed by atoms with E-state index in [4.69, 9.17) is 0 Å². The van der Waals surface area contributed by atoms with Crippen molar-refractivity contribution in [2.24, 2.45) is 17.8 Å². The fourth-order valence-corrected chi connectivity index (χ4v) is 0. The third-order valence-corrected chi connectivity index (χ3v) is 2.10. The van der Waals surface area contributed by atoms with Gasteiger partial charge in [0.05, 0.1) is 0 Å². The minimum atomic E-state index is 0.648. The van der Waals surface area contributed by atoms with Crippen LogP contribution in [0, 0.1) is 17.8 Å². The normalized spacial score (nSPS) is 9.27. The van der Waals surface area contributed by atoms with Gasteiger partial charge in [0, 0.05) is 0 Å². The summed E-state index contributed by atoms with van der Waals surface area (Å²) in [6.07, 6.45) is 4.53. The molecule has 15 heavy (non-hydrogen) atoms. The molecule has 0 heteroatoms. The van der Waals surface area contributed by atoms with E-state index in [1.54, 1.807) is 0 Å². The molecule has 0 N–H and O–H groups in total. The molecule has 0 aliphatic heterocycles. The summed E-state index contributed by atoms with van der Waals surface area (Å²) >= 11 is 0. The molecule has 0 aliphatic carbocycles. The third kappa shape index (κ3) is 57.5. The average molecular weight is 214 g/mol. The first-order valence-corrected chi connectivity index (χ1v) is 6.44. The van der Waals surface area contributed by atoms with E-state index in [-0.39, 0.29) is 0 Å². The van der Waals surface area contributed by atoms with Crippen molar-refractivity contribution in [1.29, 1.82) is 0 Å². The summed E-state index contributed by atoms with van der Waals surface area (Å²) in [6.45, 7) is 21.1. The highest BCUT2D eigenvalue weighted by atomic mass is 13.9. The maximum atomic E-state index is 3.56. The van der Waals surface area contributed by atoms with E-state index in [1.165, 1.54) is 12.8 Å². The van der Waals surface area contributed by atoms with Crippen LogP contribution in [0.15, 0.2) is 12.7 Å². The number of allylic oxidation sites excluding steroid dienone is 1. The zero-order valence-electron chi connectivity index (χ0n) is 12.4. The van der Waals surface area contributed by atoms with Gasteiger partial charge in [-0.25, -0.2) is 0 Å². The highest BCUT2D eigenvalue weighted by molar-refractivity contribution is 4.69. The molecule has 0 saturated heterocycles. The molecule has 0 amide bonds. The molecule has 0 unspecified atom stereocenters. The van der Waals surface area contributed by atoms with Gasteiger partial charge in [0.15, 0.2) is 0 Å². The van der Waals surface area contributed by atoms with E-state index in [1.807, 2.05) is 6.08 Å². The van der Waals surface area contributed by atoms with Gasteiger partial charge < -0.3 is 0 Å². The molecule has 0 heterocycles. The zero-order valence-corrected chi connectivity index (χ0v) is 12.4. The highest BCUT2D eigenvalue weighted by Crippen LogP contribution is 1.94. The summed E-state index contributed by atoms with van der Waals surface area (Å²) in [7, 11) is 0. The predicted octanol–water partition coefficient (Wildman–Crippen LogP) is 5.93. The molecule has 0 nitrogen and oxygen atoms in total. The Morgan fingerprint density at radius 2 is 0.933 bits per heavy atom. The van der Waals surface area contributed by atoms with Crippen molar-refractivity contribution in [3.05, 3.63) is 12.7 Å². The Balaban J connectivity index is -0.000000144. The second-order valence-corrected chi connectivity index (χ2v) is 5.08. The lowest BCUT2D eigenvalue weighted by Gasteiger charge is -1.90. The second-order valence-electron chi connectivity index (χ2n) is 5.08. The van der Waals surface area contributed by atoms with E-state index in [2.05, 4.69) is 62.0 Å². The van der Waals surface area contributed by atoms with Crippen LogP contribution in [0.1, 0.15) is 68.2 Å². The smallest absolute Gasteiger partial charge is 0.0293 e. The molecule has 0 saturated carbocycles. The molecule has 0 radical (unpaired) electrons. The Kier molecular flexibility index (Phi) is 21.8. The van der Waals surface area contributed by atoms with Crippen molar-refractivity contribution in [2.45, 2.75) is 68.2 Å². The van der Waals surface area contributed by atoms with E-state index in [0.717, 1.165) is 11.8 Å². The maximum absolute atomic E-state index is 3.56. The molecule has 0 aromatic rings. The molecule has 0 aromatic heterocycles. The van der Waals surface area contributed by atoms with Crippen LogP contribution in [0.25, 0.3) is 0 Å². The SMILES string of the molecule is C=CC(C)C.CCC(C)C.CCC(C)C. The van der Waals surface area contributed by atoms with Crippen LogP contribution < -0.4 is 0 Å². The monoisotopic (exact) mass is 214 g/mol. The number of rotatable bonds is 3. The summed E-state index contributed by atoms with van der Waals surface area (Å²) in [5.74, 6) is 2.42. The van der Waals surface area contributed by atoms with Crippen LogP contribution in [0.5, 0.6) is 0 Å². The summed E-state index contributed by atoms with van der Waals surface area (Å²) in [4.78, 5) is 0. The van der Waals surface area contributed by atoms with Gasteiger partial charge in [0.2, 0.25) is 0 Å². The second kappa shape index (κ2) is 16.2. The molecule has 0 aliphatic rings. The largest absolute Gasteiger partial charge is 0.103 e. The molecule has 0 rings (SSSR count). The first-order chi connectivity index (χ1) is 6.81. The number of hydrogen-bond donors (Lipinski definition) is 0. The molecule has 0 aromatic carbocycles. The maximum Gasteiger partial charge on any atom is -0.0293 e. The minimum absolute atomic E-state index is 0.648. The number of hydrogen-bond acceptors (Lipinski definition) is 0. The molecule has 94 valence electrons. The van der Waals surface area contributed by atoms with Crippen LogP contribution in [0.4, 0.5) is 0 Å². The Morgan fingerprint density at radius 3 is 0.933 bits per heavy atom. The van der Waals surface area contributed by atoms with Crippen molar-refractivity contribution < 1.29 is 0 Å². The van der Waals surface area contributed by atoms with Crippen LogP contribution >= 0.6 is 0 Å². The third-order valence-electron chi connectivity index (χ3n) is 2.10. The van der Waals surface area contributed by atoms with Gasteiger partial charge in [-0.15, -0.1) is 6.58 Å². The molecule has 0 bridgehead atoms. The van der Waals surface area contributed by atoms with Crippen molar-refractivity contribution in [3.63, 3.8) is 0 Å². The summed E-state index contributed by atoms with van der Waals surface area (Å²) < 4.78 is 0. The fourth-order valence-electron chi connectivity index (χ4n) is 0. The predicted molar refractivity (Wildman–Crippen MR) is 75.3 cm³/mol. The van der Waals surface area contributed by atoms with Gasteiger partial charge in [-0.1, -0.05) is 74.3 Å². The van der Waals surface area contributed by atoms with Gasteiger partial charge in [0.1, 0.15) is 0 Å². The molecular weight excluding hydrogens is 180 g/mol. The molecule has 0 atom stereocenters. The Hall–Kier alpha value is -0.260. The molecular formula is C15H34. The Morgan fingerprint density at radius 1 is 0.800 bits per heavy atom. The minimum Gasteiger partial charge on any atom is -0.103 e. The fraction of sp³-hybridized carbons (Fsp3) is 0.867. The molecule has 0 fully saturated rings. The van der Waals surface area contributed by atoms with Crippen molar-refractivity contribution in [3.8, 4) is 0 Å². The van der Waals surface area contributed by atoms with Gasteiger partial charge >= 0.3 is 0 Å². The van der Waals surface area contributed by atoms with Crippen LogP contribution in [-0.4, -0.2) is 0 Å². The van der Waals surface area contributed by atoms with Crippen LogP contribution in [0.3, 0.4) is 0 Å². The lowest BCUT2D eigenvalue weighted by Crippen LogP contribution is -1.77. The van der Waals surface area contributed by atoms with E-state index in [9.17, 15) is 0 Å². The van der Waals surface area contributed by atoms with E-state index < -0.39 is 0 Å². The van der Waals surface area contributed by atoms with E-state index >= 15 is 0 Å². The first kappa shape index (κ1) is 20.2. The lowest BCUT2D eigenvalue weighted by molar-refractivity contribution is 0.626. The van der Waals surface area contributed by atoms with E-state index in [0.29, 0.717) is 5.92 Å².